The van der Waals surface area contributed by atoms with Gasteiger partial charge in [-0.25, -0.2) is 12.7 Å². The number of benzene rings is 2. The Bertz CT molecular complexity index is 1090. The number of halogens is 1. The van der Waals surface area contributed by atoms with Gasteiger partial charge in [-0.1, -0.05) is 42.8 Å². The molecular formula is C24H29ClN2O3S. The highest BCUT2D eigenvalue weighted by molar-refractivity contribution is 7.89. The Morgan fingerprint density at radius 1 is 1.16 bits per heavy atom. The number of piperidine rings is 1. The standard InChI is InChI=1S/C24H29ClN2O3S/c1-3-17-15-19(25)9-10-20(17)23(28)26-22-16-18-7-5-6-8-21(18)24(22)11-13-27(14-12-24)31(29,30)4-2/h5-10,15,22H,3-4,11-14,16H2,1-2H3,(H,26,28). The van der Waals surface area contributed by atoms with E-state index >= 15 is 0 Å². The van der Waals surface area contributed by atoms with Crippen molar-refractivity contribution in [2.75, 3.05) is 18.8 Å². The summed E-state index contributed by atoms with van der Waals surface area (Å²) in [6.45, 7) is 4.67. The van der Waals surface area contributed by atoms with Crippen LogP contribution < -0.4 is 5.32 Å². The SMILES string of the molecule is CCc1cc(Cl)ccc1C(=O)NC1Cc2ccccc2C12CCN(S(=O)(=O)CC)CC2. The molecule has 1 unspecified atom stereocenters. The number of sulfonamides is 1. The Balaban J connectivity index is 1.63. The van der Waals surface area contributed by atoms with E-state index in [1.54, 1.807) is 23.4 Å². The average Bonchev–Trinajstić information content (AvgIpc) is 3.06. The lowest BCUT2D eigenvalue weighted by Gasteiger charge is -2.43. The van der Waals surface area contributed by atoms with Gasteiger partial charge < -0.3 is 5.32 Å². The summed E-state index contributed by atoms with van der Waals surface area (Å²) in [6, 6.07) is 13.7. The van der Waals surface area contributed by atoms with Gasteiger partial charge in [0.15, 0.2) is 0 Å². The van der Waals surface area contributed by atoms with Gasteiger partial charge >= 0.3 is 0 Å². The minimum Gasteiger partial charge on any atom is -0.348 e. The van der Waals surface area contributed by atoms with Crippen molar-refractivity contribution >= 4 is 27.5 Å². The van der Waals surface area contributed by atoms with Gasteiger partial charge in [0.25, 0.3) is 5.91 Å². The Morgan fingerprint density at radius 2 is 1.87 bits per heavy atom. The second-order valence-corrected chi connectivity index (χ2v) is 11.2. The maximum Gasteiger partial charge on any atom is 0.251 e. The van der Waals surface area contributed by atoms with Crippen molar-refractivity contribution in [3.8, 4) is 0 Å². The number of carbonyl (C=O) groups is 1. The van der Waals surface area contributed by atoms with Crippen LogP contribution in [0.2, 0.25) is 5.02 Å². The maximum atomic E-state index is 13.3. The van der Waals surface area contributed by atoms with Crippen molar-refractivity contribution in [3.05, 3.63) is 69.7 Å². The summed E-state index contributed by atoms with van der Waals surface area (Å²) < 4.78 is 26.4. The number of hydrogen-bond acceptors (Lipinski definition) is 3. The van der Waals surface area contributed by atoms with Gasteiger partial charge in [-0.3, -0.25) is 4.79 Å². The highest BCUT2D eigenvalue weighted by Gasteiger charge is 2.49. The van der Waals surface area contributed by atoms with E-state index in [1.165, 1.54) is 11.1 Å². The van der Waals surface area contributed by atoms with Crippen LogP contribution in [0, 0.1) is 0 Å². The van der Waals surface area contributed by atoms with E-state index < -0.39 is 10.0 Å². The molecule has 1 saturated heterocycles. The molecule has 0 radical (unpaired) electrons. The molecule has 166 valence electrons. The molecule has 2 aromatic carbocycles. The number of hydrogen-bond donors (Lipinski definition) is 1. The largest absolute Gasteiger partial charge is 0.348 e. The zero-order chi connectivity index (χ0) is 22.2. The second-order valence-electron chi connectivity index (χ2n) is 8.50. The van der Waals surface area contributed by atoms with Crippen LogP contribution in [0.1, 0.15) is 53.7 Å². The van der Waals surface area contributed by atoms with Crippen molar-refractivity contribution in [2.45, 2.75) is 51.0 Å². The molecule has 1 amide bonds. The number of carbonyl (C=O) groups excluding carboxylic acids is 1. The highest BCUT2D eigenvalue weighted by Crippen LogP contribution is 2.46. The summed E-state index contributed by atoms with van der Waals surface area (Å²) in [5, 5.41) is 3.94. The van der Waals surface area contributed by atoms with Gasteiger partial charge in [0, 0.05) is 35.1 Å². The van der Waals surface area contributed by atoms with Crippen molar-refractivity contribution < 1.29 is 13.2 Å². The zero-order valence-electron chi connectivity index (χ0n) is 18.0. The van der Waals surface area contributed by atoms with Crippen LogP contribution in [0.25, 0.3) is 0 Å². The molecule has 0 aromatic heterocycles. The third-order valence-corrected chi connectivity index (χ3v) is 9.13. The lowest BCUT2D eigenvalue weighted by atomic mass is 9.71. The first-order valence-corrected chi connectivity index (χ1v) is 12.9. The van der Waals surface area contributed by atoms with Crippen LogP contribution in [0.15, 0.2) is 42.5 Å². The van der Waals surface area contributed by atoms with Crippen LogP contribution in [0.3, 0.4) is 0 Å². The molecule has 2 aliphatic rings. The summed E-state index contributed by atoms with van der Waals surface area (Å²) in [4.78, 5) is 13.3. The van der Waals surface area contributed by atoms with Gasteiger partial charge in [-0.15, -0.1) is 0 Å². The molecule has 0 saturated carbocycles. The third kappa shape index (κ3) is 4.01. The number of nitrogens with zero attached hydrogens (tertiary/aromatic N) is 1. The molecule has 1 atom stereocenters. The average molecular weight is 461 g/mol. The molecule has 7 heteroatoms. The first-order chi connectivity index (χ1) is 14.8. The fourth-order valence-electron chi connectivity index (χ4n) is 5.25. The summed E-state index contributed by atoms with van der Waals surface area (Å²) in [5.74, 6) is 0.0296. The minimum atomic E-state index is -3.21. The second kappa shape index (κ2) is 8.57. The van der Waals surface area contributed by atoms with Gasteiger partial charge in [-0.2, -0.15) is 0 Å². The number of fused-ring (bicyclic) bond motifs is 2. The first-order valence-electron chi connectivity index (χ1n) is 11.0. The molecule has 1 N–H and O–H groups in total. The smallest absolute Gasteiger partial charge is 0.251 e. The van der Waals surface area contributed by atoms with Gasteiger partial charge in [0.1, 0.15) is 0 Å². The van der Waals surface area contributed by atoms with Crippen LogP contribution >= 0.6 is 11.6 Å². The Morgan fingerprint density at radius 3 is 2.55 bits per heavy atom. The minimum absolute atomic E-state index is 0.0655. The number of aryl methyl sites for hydroxylation is 1. The molecule has 1 aliphatic heterocycles. The Kier molecular flexibility index (Phi) is 6.16. The molecule has 5 nitrogen and oxygen atoms in total. The Hall–Kier alpha value is -1.89. The van der Waals surface area contributed by atoms with E-state index in [9.17, 15) is 13.2 Å². The van der Waals surface area contributed by atoms with E-state index in [1.807, 2.05) is 25.1 Å². The van der Waals surface area contributed by atoms with E-state index in [2.05, 4.69) is 17.4 Å². The lowest BCUT2D eigenvalue weighted by Crippen LogP contribution is -2.54. The topological polar surface area (TPSA) is 66.5 Å². The number of amides is 1. The summed E-state index contributed by atoms with van der Waals surface area (Å²) in [7, 11) is -3.21. The van der Waals surface area contributed by atoms with Crippen LogP contribution in [0.4, 0.5) is 0 Å². The first kappa shape index (κ1) is 22.3. The number of rotatable bonds is 5. The quantitative estimate of drug-likeness (QED) is 0.734. The maximum absolute atomic E-state index is 13.3. The van der Waals surface area contributed by atoms with Crippen molar-refractivity contribution in [2.24, 2.45) is 0 Å². The van der Waals surface area contributed by atoms with Gasteiger partial charge in [0.2, 0.25) is 10.0 Å². The molecule has 1 aliphatic carbocycles. The lowest BCUT2D eigenvalue weighted by molar-refractivity contribution is 0.0896. The van der Waals surface area contributed by atoms with E-state index in [4.69, 9.17) is 11.6 Å². The molecule has 31 heavy (non-hydrogen) atoms. The van der Waals surface area contributed by atoms with Crippen LogP contribution in [-0.2, 0) is 28.3 Å². The van der Waals surface area contributed by atoms with Gasteiger partial charge in [0.05, 0.1) is 5.75 Å². The summed E-state index contributed by atoms with van der Waals surface area (Å²) in [5.41, 5.74) is 3.83. The molecule has 2 aromatic rings. The zero-order valence-corrected chi connectivity index (χ0v) is 19.6. The number of nitrogens with one attached hydrogen (secondary N) is 1. The fourth-order valence-corrected chi connectivity index (χ4v) is 6.55. The molecule has 0 bridgehead atoms. The molecular weight excluding hydrogens is 432 g/mol. The normalized spacial score (nSPS) is 20.5. The van der Waals surface area contributed by atoms with Crippen LogP contribution in [-0.4, -0.2) is 43.5 Å². The predicted octanol–water partition coefficient (Wildman–Crippen LogP) is 3.94. The third-order valence-electron chi connectivity index (χ3n) is 7.02. The fraction of sp³-hybridized carbons (Fsp3) is 0.458. The van der Waals surface area contributed by atoms with Crippen LogP contribution in [0.5, 0.6) is 0 Å². The summed E-state index contributed by atoms with van der Waals surface area (Å²) in [6.07, 6.45) is 2.89. The van der Waals surface area contributed by atoms with E-state index in [0.717, 1.165) is 18.4 Å². The van der Waals surface area contributed by atoms with Gasteiger partial charge in [-0.05, 0) is 67.5 Å². The van der Waals surface area contributed by atoms with Crippen molar-refractivity contribution in [1.29, 1.82) is 0 Å². The highest BCUT2D eigenvalue weighted by atomic mass is 35.5. The van der Waals surface area contributed by atoms with E-state index in [-0.39, 0.29) is 23.1 Å². The van der Waals surface area contributed by atoms with Crippen molar-refractivity contribution in [3.63, 3.8) is 0 Å². The summed E-state index contributed by atoms with van der Waals surface area (Å²) >= 11 is 6.13. The van der Waals surface area contributed by atoms with Crippen molar-refractivity contribution in [1.82, 2.24) is 9.62 Å². The molecule has 1 heterocycles. The molecule has 1 fully saturated rings. The van der Waals surface area contributed by atoms with E-state index in [0.29, 0.717) is 36.5 Å². The monoisotopic (exact) mass is 460 g/mol. The molecule has 4 rings (SSSR count). The predicted molar refractivity (Wildman–Crippen MR) is 124 cm³/mol. The molecule has 1 spiro atoms. The Labute approximate surface area is 189 Å².